The highest BCUT2D eigenvalue weighted by Crippen LogP contribution is 2.29. The number of rotatable bonds is 3. The molecule has 18 heavy (non-hydrogen) atoms. The second-order valence-corrected chi connectivity index (χ2v) is 5.03. The topological polar surface area (TPSA) is 65.3 Å². The van der Waals surface area contributed by atoms with Crippen molar-refractivity contribution in [2.75, 3.05) is 0 Å². The van der Waals surface area contributed by atoms with Crippen LogP contribution >= 0.6 is 31.9 Å². The van der Waals surface area contributed by atoms with Crippen LogP contribution in [0.1, 0.15) is 0 Å². The maximum atomic E-state index is 10.7. The van der Waals surface area contributed by atoms with Crippen molar-refractivity contribution in [2.24, 2.45) is 0 Å². The van der Waals surface area contributed by atoms with Crippen LogP contribution in [0.15, 0.2) is 45.5 Å². The lowest BCUT2D eigenvalue weighted by Gasteiger charge is -2.05. The summed E-state index contributed by atoms with van der Waals surface area (Å²) in [5.74, 6) is 0.707. The number of nitrogens with zero attached hydrogens (tertiary/aromatic N) is 2. The molecule has 2 rings (SSSR count). The Morgan fingerprint density at radius 3 is 2.67 bits per heavy atom. The average Bonchev–Trinajstić information content (AvgIpc) is 2.28. The minimum atomic E-state index is -0.480. The highest BCUT2D eigenvalue weighted by atomic mass is 79.9. The Bertz CT molecular complexity index is 605. The molecule has 1 heterocycles. The molecule has 0 amide bonds. The minimum Gasteiger partial charge on any atom is -0.439 e. The summed E-state index contributed by atoms with van der Waals surface area (Å²) in [5.41, 5.74) is -0.0469. The number of nitro benzene ring substituents is 1. The zero-order valence-corrected chi connectivity index (χ0v) is 12.0. The van der Waals surface area contributed by atoms with Crippen molar-refractivity contribution in [1.82, 2.24) is 4.98 Å². The van der Waals surface area contributed by atoms with Gasteiger partial charge in [-0.3, -0.25) is 10.1 Å². The first-order valence-corrected chi connectivity index (χ1v) is 6.38. The van der Waals surface area contributed by atoms with E-state index in [1.54, 1.807) is 24.3 Å². The molecule has 0 atom stereocenters. The van der Waals surface area contributed by atoms with Gasteiger partial charge in [0.1, 0.15) is 10.4 Å². The highest BCUT2D eigenvalue weighted by Gasteiger charge is 2.10. The molecule has 0 fully saturated rings. The number of aromatic nitrogens is 1. The van der Waals surface area contributed by atoms with Crippen molar-refractivity contribution >= 4 is 37.5 Å². The molecule has 0 radical (unpaired) electrons. The van der Waals surface area contributed by atoms with Crippen LogP contribution < -0.4 is 4.74 Å². The maximum absolute atomic E-state index is 10.7. The van der Waals surface area contributed by atoms with Gasteiger partial charge in [-0.25, -0.2) is 4.98 Å². The largest absolute Gasteiger partial charge is 0.439 e. The smallest absolute Gasteiger partial charge is 0.274 e. The van der Waals surface area contributed by atoms with E-state index in [-0.39, 0.29) is 5.69 Å². The molecule has 2 aromatic rings. The van der Waals surface area contributed by atoms with Crippen LogP contribution in [-0.2, 0) is 0 Å². The van der Waals surface area contributed by atoms with Crippen molar-refractivity contribution in [1.29, 1.82) is 0 Å². The lowest BCUT2D eigenvalue weighted by atomic mass is 10.3. The number of pyridine rings is 1. The van der Waals surface area contributed by atoms with E-state index in [0.717, 1.165) is 0 Å². The molecule has 0 aliphatic rings. The fourth-order valence-corrected chi connectivity index (χ4v) is 2.07. The van der Waals surface area contributed by atoms with Crippen LogP contribution in [-0.4, -0.2) is 9.91 Å². The molecule has 0 N–H and O–H groups in total. The normalized spacial score (nSPS) is 10.1. The van der Waals surface area contributed by atoms with Crippen LogP contribution in [0.5, 0.6) is 11.6 Å². The van der Waals surface area contributed by atoms with Gasteiger partial charge < -0.3 is 4.74 Å². The van der Waals surface area contributed by atoms with Gasteiger partial charge in [-0.05, 0) is 28.1 Å². The lowest BCUT2D eigenvalue weighted by molar-refractivity contribution is -0.385. The Labute approximate surface area is 119 Å². The SMILES string of the molecule is O=[N+]([O-])c1cc(Br)cc(Oc2cccc(Br)n2)c1. The van der Waals surface area contributed by atoms with Crippen LogP contribution in [0.3, 0.4) is 0 Å². The summed E-state index contributed by atoms with van der Waals surface area (Å²) >= 11 is 6.41. The molecule has 0 bridgehead atoms. The molecule has 0 aliphatic carbocycles. The predicted octanol–water partition coefficient (Wildman–Crippen LogP) is 4.31. The van der Waals surface area contributed by atoms with Crippen molar-refractivity contribution in [3.8, 4) is 11.6 Å². The number of halogens is 2. The molecule has 0 saturated heterocycles. The van der Waals surface area contributed by atoms with Gasteiger partial charge in [0.25, 0.3) is 5.69 Å². The lowest BCUT2D eigenvalue weighted by Crippen LogP contribution is -1.91. The van der Waals surface area contributed by atoms with Crippen molar-refractivity contribution in [3.05, 3.63) is 55.6 Å². The van der Waals surface area contributed by atoms with E-state index in [9.17, 15) is 10.1 Å². The van der Waals surface area contributed by atoms with E-state index >= 15 is 0 Å². The Morgan fingerprint density at radius 1 is 1.22 bits per heavy atom. The van der Waals surface area contributed by atoms with Crippen molar-refractivity contribution < 1.29 is 9.66 Å². The number of benzene rings is 1. The van der Waals surface area contributed by atoms with E-state index < -0.39 is 4.92 Å². The number of nitro groups is 1. The van der Waals surface area contributed by atoms with Gasteiger partial charge in [-0.15, -0.1) is 0 Å². The third-order valence-electron chi connectivity index (χ3n) is 1.98. The second kappa shape index (κ2) is 5.45. The molecule has 92 valence electrons. The van der Waals surface area contributed by atoms with Gasteiger partial charge in [-0.1, -0.05) is 22.0 Å². The number of non-ortho nitro benzene ring substituents is 1. The number of hydrogen-bond donors (Lipinski definition) is 0. The standard InChI is InChI=1S/C11H6Br2N2O3/c12-7-4-8(15(16)17)6-9(5-7)18-11-3-1-2-10(13)14-11/h1-6H. The summed E-state index contributed by atoms with van der Waals surface area (Å²) in [7, 11) is 0. The molecule has 0 unspecified atom stereocenters. The predicted molar refractivity (Wildman–Crippen MR) is 72.8 cm³/mol. The van der Waals surface area contributed by atoms with Crippen molar-refractivity contribution in [3.63, 3.8) is 0 Å². The number of ether oxygens (including phenoxy) is 1. The Kier molecular flexibility index (Phi) is 3.93. The highest BCUT2D eigenvalue weighted by molar-refractivity contribution is 9.10. The van der Waals surface area contributed by atoms with E-state index in [4.69, 9.17) is 4.74 Å². The molecule has 1 aromatic heterocycles. The van der Waals surface area contributed by atoms with Crippen LogP contribution in [0.2, 0.25) is 0 Å². The minimum absolute atomic E-state index is 0.0469. The van der Waals surface area contributed by atoms with Crippen LogP contribution in [0, 0.1) is 10.1 Å². The third kappa shape index (κ3) is 3.27. The van der Waals surface area contributed by atoms with Crippen LogP contribution in [0.25, 0.3) is 0 Å². The summed E-state index contributed by atoms with van der Waals surface area (Å²) in [5, 5.41) is 10.7. The first-order chi connectivity index (χ1) is 8.54. The van der Waals surface area contributed by atoms with Crippen molar-refractivity contribution in [2.45, 2.75) is 0 Å². The molecule has 5 nitrogen and oxygen atoms in total. The molecule has 1 aromatic carbocycles. The molecule has 0 saturated carbocycles. The quantitative estimate of drug-likeness (QED) is 0.457. The summed E-state index contributed by atoms with van der Waals surface area (Å²) in [6.07, 6.45) is 0. The third-order valence-corrected chi connectivity index (χ3v) is 2.88. The fourth-order valence-electron chi connectivity index (χ4n) is 1.28. The van der Waals surface area contributed by atoms with E-state index in [0.29, 0.717) is 20.7 Å². The molecular weight excluding hydrogens is 368 g/mol. The van der Waals surface area contributed by atoms with Gasteiger partial charge in [0.2, 0.25) is 5.88 Å². The summed E-state index contributed by atoms with van der Waals surface area (Å²) < 4.78 is 6.66. The van der Waals surface area contributed by atoms with Gasteiger partial charge in [-0.2, -0.15) is 0 Å². The second-order valence-electron chi connectivity index (χ2n) is 3.30. The fraction of sp³-hybridized carbons (Fsp3) is 0. The molecule has 0 spiro atoms. The molecule has 7 heteroatoms. The van der Waals surface area contributed by atoms with Crippen LogP contribution in [0.4, 0.5) is 5.69 Å². The summed E-state index contributed by atoms with van der Waals surface area (Å²) in [6, 6.07) is 9.57. The maximum Gasteiger partial charge on any atom is 0.274 e. The summed E-state index contributed by atoms with van der Waals surface area (Å²) in [6.45, 7) is 0. The Hall–Kier alpha value is -1.47. The summed E-state index contributed by atoms with van der Waals surface area (Å²) in [4.78, 5) is 14.3. The van der Waals surface area contributed by atoms with E-state index in [1.165, 1.54) is 12.1 Å². The first-order valence-electron chi connectivity index (χ1n) is 4.80. The number of hydrogen-bond acceptors (Lipinski definition) is 4. The average molecular weight is 374 g/mol. The van der Waals surface area contributed by atoms with E-state index in [2.05, 4.69) is 36.8 Å². The monoisotopic (exact) mass is 372 g/mol. The Morgan fingerprint density at radius 2 is 2.00 bits per heavy atom. The Balaban J connectivity index is 2.31. The first kappa shape index (κ1) is 13.0. The molecular formula is C11H6Br2N2O3. The molecule has 0 aliphatic heterocycles. The zero-order valence-electron chi connectivity index (χ0n) is 8.84. The van der Waals surface area contributed by atoms with Gasteiger partial charge in [0.05, 0.1) is 11.0 Å². The van der Waals surface area contributed by atoms with Gasteiger partial charge in [0.15, 0.2) is 0 Å². The van der Waals surface area contributed by atoms with Gasteiger partial charge in [0, 0.05) is 16.6 Å². The van der Waals surface area contributed by atoms with Gasteiger partial charge >= 0.3 is 0 Å². The van der Waals surface area contributed by atoms with E-state index in [1.807, 2.05) is 0 Å². The zero-order chi connectivity index (χ0) is 13.1.